The Hall–Kier alpha value is -3.11. The fraction of sp³-hybridized carbons (Fsp3) is 0.167. The fourth-order valence-corrected chi connectivity index (χ4v) is 3.66. The molecule has 29 heavy (non-hydrogen) atoms. The third kappa shape index (κ3) is 3.89. The molecule has 11 heteroatoms. The largest absolute Gasteiger partial charge is 0.497 e. The molecule has 0 spiro atoms. The highest BCUT2D eigenvalue weighted by atomic mass is 35.5. The molecule has 3 aromatic heterocycles. The Balaban J connectivity index is 1.63. The molecular formula is C18H15ClN6O3S. The fourth-order valence-electron chi connectivity index (χ4n) is 2.72. The Kier molecular flexibility index (Phi) is 5.36. The highest BCUT2D eigenvalue weighted by Crippen LogP contribution is 2.30. The lowest BCUT2D eigenvalue weighted by Gasteiger charge is -2.11. The second-order valence-electron chi connectivity index (χ2n) is 5.86. The zero-order valence-corrected chi connectivity index (χ0v) is 17.0. The number of fused-ring (bicyclic) bond motifs is 1. The van der Waals surface area contributed by atoms with Crippen molar-refractivity contribution in [3.8, 4) is 17.2 Å². The van der Waals surface area contributed by atoms with Crippen LogP contribution in [0.2, 0.25) is 5.02 Å². The van der Waals surface area contributed by atoms with E-state index in [0.29, 0.717) is 44.5 Å². The van der Waals surface area contributed by atoms with Gasteiger partial charge in [0.05, 0.1) is 24.9 Å². The van der Waals surface area contributed by atoms with Crippen LogP contribution in [0.25, 0.3) is 11.3 Å². The van der Waals surface area contributed by atoms with Crippen molar-refractivity contribution in [3.05, 3.63) is 63.7 Å². The zero-order valence-electron chi connectivity index (χ0n) is 15.4. The molecular weight excluding hydrogens is 416 g/mol. The number of pyridine rings is 1. The van der Waals surface area contributed by atoms with Gasteiger partial charge in [0.2, 0.25) is 5.16 Å². The number of hydrogen-bond acceptors (Lipinski definition) is 8. The first-order valence-corrected chi connectivity index (χ1v) is 9.77. The number of hydrogen-bond donors (Lipinski definition) is 0. The van der Waals surface area contributed by atoms with Crippen molar-refractivity contribution in [2.45, 2.75) is 10.9 Å². The maximum absolute atomic E-state index is 12.3. The minimum absolute atomic E-state index is 0.206. The molecule has 0 aliphatic heterocycles. The molecule has 4 aromatic rings. The molecule has 0 saturated carbocycles. The number of methoxy groups -OCH3 is 2. The van der Waals surface area contributed by atoms with Gasteiger partial charge in [-0.15, -0.1) is 5.10 Å². The van der Waals surface area contributed by atoms with Gasteiger partial charge in [0.25, 0.3) is 5.56 Å². The van der Waals surface area contributed by atoms with Crippen molar-refractivity contribution in [2.24, 2.45) is 0 Å². The number of aromatic nitrogens is 6. The highest BCUT2D eigenvalue weighted by molar-refractivity contribution is 7.98. The van der Waals surface area contributed by atoms with E-state index in [1.54, 1.807) is 55.4 Å². The summed E-state index contributed by atoms with van der Waals surface area (Å²) in [5.74, 6) is 1.65. The summed E-state index contributed by atoms with van der Waals surface area (Å²) in [5, 5.41) is 12.9. The Morgan fingerprint density at radius 2 is 2.00 bits per heavy atom. The van der Waals surface area contributed by atoms with Crippen LogP contribution < -0.4 is 15.0 Å². The van der Waals surface area contributed by atoms with Crippen LogP contribution in [0.4, 0.5) is 0 Å². The van der Waals surface area contributed by atoms with Gasteiger partial charge in [0.15, 0.2) is 0 Å². The summed E-state index contributed by atoms with van der Waals surface area (Å²) in [4.78, 5) is 16.8. The lowest BCUT2D eigenvalue weighted by Crippen LogP contribution is -2.15. The van der Waals surface area contributed by atoms with E-state index in [2.05, 4.69) is 20.5 Å². The predicted octanol–water partition coefficient (Wildman–Crippen LogP) is 2.63. The number of tetrazole rings is 1. The summed E-state index contributed by atoms with van der Waals surface area (Å²) in [6.45, 7) is 0. The van der Waals surface area contributed by atoms with Crippen LogP contribution in [-0.4, -0.2) is 43.8 Å². The highest BCUT2D eigenvalue weighted by Gasteiger charge is 2.15. The van der Waals surface area contributed by atoms with Crippen molar-refractivity contribution < 1.29 is 9.47 Å². The topological polar surface area (TPSA) is 96.4 Å². The molecule has 0 saturated heterocycles. The van der Waals surface area contributed by atoms with Crippen molar-refractivity contribution in [1.82, 2.24) is 29.6 Å². The Morgan fingerprint density at radius 1 is 1.14 bits per heavy atom. The van der Waals surface area contributed by atoms with Crippen molar-refractivity contribution in [3.63, 3.8) is 0 Å². The smallest absolute Gasteiger partial charge is 0.258 e. The molecule has 0 fully saturated rings. The van der Waals surface area contributed by atoms with Gasteiger partial charge in [-0.3, -0.25) is 9.20 Å². The van der Waals surface area contributed by atoms with E-state index in [-0.39, 0.29) is 5.56 Å². The van der Waals surface area contributed by atoms with Gasteiger partial charge in [-0.2, -0.15) is 4.68 Å². The van der Waals surface area contributed by atoms with Crippen molar-refractivity contribution in [2.75, 3.05) is 14.2 Å². The quantitative estimate of drug-likeness (QED) is 0.431. The number of nitrogens with zero attached hydrogens (tertiary/aromatic N) is 6. The molecule has 0 unspecified atom stereocenters. The van der Waals surface area contributed by atoms with Gasteiger partial charge in [-0.1, -0.05) is 23.4 Å². The average molecular weight is 431 g/mol. The van der Waals surface area contributed by atoms with Gasteiger partial charge < -0.3 is 9.47 Å². The molecule has 1 aromatic carbocycles. The van der Waals surface area contributed by atoms with Crippen molar-refractivity contribution >= 4 is 29.0 Å². The minimum Gasteiger partial charge on any atom is -0.497 e. The second kappa shape index (κ2) is 8.10. The van der Waals surface area contributed by atoms with E-state index in [1.807, 2.05) is 0 Å². The summed E-state index contributed by atoms with van der Waals surface area (Å²) in [7, 11) is 3.15. The van der Waals surface area contributed by atoms with E-state index >= 15 is 0 Å². The zero-order chi connectivity index (χ0) is 20.4. The van der Waals surface area contributed by atoms with E-state index in [0.717, 1.165) is 0 Å². The minimum atomic E-state index is -0.206. The summed E-state index contributed by atoms with van der Waals surface area (Å²) in [5.41, 5.74) is 1.56. The van der Waals surface area contributed by atoms with Crippen LogP contribution in [0.15, 0.2) is 52.5 Å². The molecule has 9 nitrogen and oxygen atoms in total. The molecule has 0 amide bonds. The first-order valence-electron chi connectivity index (χ1n) is 8.40. The molecule has 0 radical (unpaired) electrons. The van der Waals surface area contributed by atoms with Gasteiger partial charge in [-0.25, -0.2) is 4.98 Å². The van der Waals surface area contributed by atoms with Crippen LogP contribution in [0.1, 0.15) is 5.69 Å². The molecule has 148 valence electrons. The van der Waals surface area contributed by atoms with E-state index in [1.165, 1.54) is 22.2 Å². The number of benzene rings is 1. The van der Waals surface area contributed by atoms with Crippen LogP contribution in [0, 0.1) is 0 Å². The molecule has 3 heterocycles. The van der Waals surface area contributed by atoms with Gasteiger partial charge in [0, 0.05) is 24.1 Å². The first-order chi connectivity index (χ1) is 14.1. The van der Waals surface area contributed by atoms with Crippen LogP contribution in [0.5, 0.6) is 11.5 Å². The molecule has 0 atom stereocenters. The number of rotatable bonds is 6. The summed E-state index contributed by atoms with van der Waals surface area (Å²) in [6, 6.07) is 10.2. The Bertz CT molecular complexity index is 1240. The second-order valence-corrected chi connectivity index (χ2v) is 7.24. The lowest BCUT2D eigenvalue weighted by molar-refractivity contribution is 0.399. The molecule has 4 rings (SSSR count). The number of ether oxygens (including phenoxy) is 2. The maximum Gasteiger partial charge on any atom is 0.258 e. The van der Waals surface area contributed by atoms with Crippen molar-refractivity contribution in [1.29, 1.82) is 0 Å². The average Bonchev–Trinajstić information content (AvgIpc) is 3.20. The van der Waals surface area contributed by atoms with Crippen LogP contribution in [0.3, 0.4) is 0 Å². The van der Waals surface area contributed by atoms with Gasteiger partial charge in [0.1, 0.15) is 22.8 Å². The maximum atomic E-state index is 12.3. The molecule has 0 bridgehead atoms. The Labute approximate surface area is 174 Å². The summed E-state index contributed by atoms with van der Waals surface area (Å²) in [6.07, 6.45) is 1.54. The molecule has 0 aliphatic rings. The monoisotopic (exact) mass is 430 g/mol. The van der Waals surface area contributed by atoms with Crippen LogP contribution >= 0.6 is 23.4 Å². The summed E-state index contributed by atoms with van der Waals surface area (Å²) >= 11 is 7.29. The molecule has 0 N–H and O–H groups in total. The standard InChI is InChI=1S/C18H15ClN6O3S/c1-27-13-4-5-15(28-2)14(8-13)25-18(21-22-23-25)29-10-12-7-17(26)24-9-11(19)3-6-16(24)20-12/h3-9H,10H2,1-2H3. The summed E-state index contributed by atoms with van der Waals surface area (Å²) < 4.78 is 13.7. The van der Waals surface area contributed by atoms with Crippen LogP contribution in [-0.2, 0) is 5.75 Å². The molecule has 0 aliphatic carbocycles. The van der Waals surface area contributed by atoms with E-state index in [9.17, 15) is 4.79 Å². The van der Waals surface area contributed by atoms with E-state index in [4.69, 9.17) is 21.1 Å². The van der Waals surface area contributed by atoms with E-state index < -0.39 is 0 Å². The normalized spacial score (nSPS) is 11.0. The third-order valence-electron chi connectivity index (χ3n) is 4.08. The first kappa shape index (κ1) is 19.2. The SMILES string of the molecule is COc1ccc(OC)c(-n2nnnc2SCc2cc(=O)n3cc(Cl)ccc3n2)c1. The third-order valence-corrected chi connectivity index (χ3v) is 5.26. The predicted molar refractivity (Wildman–Crippen MR) is 108 cm³/mol. The Morgan fingerprint density at radius 3 is 2.79 bits per heavy atom. The number of thioether (sulfide) groups is 1. The lowest BCUT2D eigenvalue weighted by atomic mass is 10.3. The van der Waals surface area contributed by atoms with Gasteiger partial charge >= 0.3 is 0 Å². The van der Waals surface area contributed by atoms with Gasteiger partial charge in [-0.05, 0) is 34.7 Å². The number of halogens is 1.